The normalized spacial score (nSPS) is 12.6. The van der Waals surface area contributed by atoms with Gasteiger partial charge in [0.05, 0.1) is 5.56 Å². The number of hydrogen-bond donors (Lipinski definition) is 2. The highest BCUT2D eigenvalue weighted by atomic mass is 16.4. The highest BCUT2D eigenvalue weighted by Crippen LogP contribution is 2.09. The van der Waals surface area contributed by atoms with Crippen molar-refractivity contribution >= 4 is 17.5 Å². The van der Waals surface area contributed by atoms with Crippen molar-refractivity contribution < 1.29 is 14.7 Å². The van der Waals surface area contributed by atoms with Crippen molar-refractivity contribution in [2.75, 3.05) is 0 Å². The van der Waals surface area contributed by atoms with Crippen LogP contribution in [-0.4, -0.2) is 37.6 Å². The fraction of sp³-hybridized carbons (Fsp3) is 0.429. The Bertz CT molecular complexity index is 678. The maximum Gasteiger partial charge on any atom is 0.326 e. The molecule has 21 heavy (non-hydrogen) atoms. The highest BCUT2D eigenvalue weighted by molar-refractivity contribution is 5.96. The van der Waals surface area contributed by atoms with Gasteiger partial charge in [-0.3, -0.25) is 9.20 Å². The van der Waals surface area contributed by atoms with E-state index in [1.807, 2.05) is 13.8 Å². The number of fused-ring (bicyclic) bond motifs is 1. The van der Waals surface area contributed by atoms with Gasteiger partial charge in [0.25, 0.3) is 5.91 Å². The van der Waals surface area contributed by atoms with Gasteiger partial charge in [0, 0.05) is 6.20 Å². The van der Waals surface area contributed by atoms with Gasteiger partial charge >= 0.3 is 5.97 Å². The molecule has 0 saturated carbocycles. The maximum atomic E-state index is 12.2. The number of carbonyl (C=O) groups is 2. The van der Waals surface area contributed by atoms with E-state index in [0.717, 1.165) is 0 Å². The molecule has 0 aliphatic carbocycles. The third kappa shape index (κ3) is 3.36. The lowest BCUT2D eigenvalue weighted by Gasteiger charge is -2.16. The number of aryl methyl sites for hydroxylation is 1. The molecular formula is C14H18N4O3. The van der Waals surface area contributed by atoms with E-state index in [4.69, 9.17) is 5.11 Å². The number of carboxylic acid groups (broad SMARTS) is 1. The Balaban J connectivity index is 2.20. The summed E-state index contributed by atoms with van der Waals surface area (Å²) in [7, 11) is 0. The fourth-order valence-electron chi connectivity index (χ4n) is 2.07. The first-order chi connectivity index (χ1) is 9.88. The van der Waals surface area contributed by atoms with Crippen molar-refractivity contribution in [2.45, 2.75) is 33.2 Å². The number of aromatic nitrogens is 3. The van der Waals surface area contributed by atoms with Gasteiger partial charge in [-0.15, -0.1) is 10.2 Å². The Labute approximate surface area is 122 Å². The molecule has 0 saturated heterocycles. The molecule has 0 aliphatic rings. The molecule has 0 aromatic carbocycles. The topological polar surface area (TPSA) is 96.6 Å². The Morgan fingerprint density at radius 1 is 1.33 bits per heavy atom. The largest absolute Gasteiger partial charge is 0.480 e. The number of aliphatic carboxylic acids is 1. The molecule has 2 rings (SSSR count). The van der Waals surface area contributed by atoms with E-state index < -0.39 is 17.9 Å². The Morgan fingerprint density at radius 3 is 2.67 bits per heavy atom. The van der Waals surface area contributed by atoms with Gasteiger partial charge in [0.15, 0.2) is 5.65 Å². The summed E-state index contributed by atoms with van der Waals surface area (Å²) >= 11 is 0. The lowest BCUT2D eigenvalue weighted by atomic mass is 10.0. The molecule has 112 valence electrons. The SMILES string of the molecule is Cc1nnc2ccc(C(=O)N[C@@H](CC(C)C)C(=O)O)cn12. The van der Waals surface area contributed by atoms with Crippen LogP contribution in [0.5, 0.6) is 0 Å². The number of rotatable bonds is 5. The molecule has 1 amide bonds. The first-order valence-electron chi connectivity index (χ1n) is 6.73. The third-order valence-corrected chi connectivity index (χ3v) is 3.15. The number of carboxylic acids is 1. The summed E-state index contributed by atoms with van der Waals surface area (Å²) in [5.41, 5.74) is 1.02. The number of nitrogens with zero attached hydrogens (tertiary/aromatic N) is 3. The molecular weight excluding hydrogens is 272 g/mol. The predicted molar refractivity (Wildman–Crippen MR) is 76.1 cm³/mol. The van der Waals surface area contributed by atoms with Crippen LogP contribution >= 0.6 is 0 Å². The van der Waals surface area contributed by atoms with E-state index in [2.05, 4.69) is 15.5 Å². The lowest BCUT2D eigenvalue weighted by molar-refractivity contribution is -0.139. The standard InChI is InChI=1S/C14H18N4O3/c1-8(2)6-11(14(20)21)15-13(19)10-4-5-12-17-16-9(3)18(12)7-10/h4-5,7-8,11H,6H2,1-3H3,(H,15,19)(H,20,21)/t11-/m0/s1. The number of nitrogens with one attached hydrogen (secondary N) is 1. The summed E-state index contributed by atoms with van der Waals surface area (Å²) in [6.45, 7) is 5.60. The summed E-state index contributed by atoms with van der Waals surface area (Å²) in [5.74, 6) is -0.609. The van der Waals surface area contributed by atoms with Gasteiger partial charge in [0.1, 0.15) is 11.9 Å². The minimum absolute atomic E-state index is 0.175. The third-order valence-electron chi connectivity index (χ3n) is 3.15. The van der Waals surface area contributed by atoms with Crippen molar-refractivity contribution in [1.29, 1.82) is 0 Å². The van der Waals surface area contributed by atoms with Gasteiger partial charge in [-0.2, -0.15) is 0 Å². The van der Waals surface area contributed by atoms with E-state index in [9.17, 15) is 9.59 Å². The Hall–Kier alpha value is -2.44. The number of hydrogen-bond acceptors (Lipinski definition) is 4. The second-order valence-electron chi connectivity index (χ2n) is 5.39. The Kier molecular flexibility index (Phi) is 4.21. The van der Waals surface area contributed by atoms with Crippen molar-refractivity contribution in [3.8, 4) is 0 Å². The van der Waals surface area contributed by atoms with E-state index in [-0.39, 0.29) is 5.92 Å². The molecule has 2 heterocycles. The monoisotopic (exact) mass is 290 g/mol. The zero-order valence-electron chi connectivity index (χ0n) is 12.2. The number of pyridine rings is 1. The summed E-state index contributed by atoms with van der Waals surface area (Å²) < 4.78 is 1.69. The van der Waals surface area contributed by atoms with Gasteiger partial charge in [-0.1, -0.05) is 13.8 Å². The average Bonchev–Trinajstić information content (AvgIpc) is 2.78. The van der Waals surface area contributed by atoms with Crippen LogP contribution in [0, 0.1) is 12.8 Å². The molecule has 0 aliphatic heterocycles. The minimum Gasteiger partial charge on any atom is -0.480 e. The summed E-state index contributed by atoms with van der Waals surface area (Å²) in [6, 6.07) is 2.38. The molecule has 0 bridgehead atoms. The van der Waals surface area contributed by atoms with Crippen LogP contribution in [0.15, 0.2) is 18.3 Å². The molecule has 7 heteroatoms. The molecule has 0 spiro atoms. The summed E-state index contributed by atoms with van der Waals surface area (Å²) in [4.78, 5) is 23.4. The molecule has 7 nitrogen and oxygen atoms in total. The van der Waals surface area contributed by atoms with Gasteiger partial charge in [0.2, 0.25) is 0 Å². The van der Waals surface area contributed by atoms with Crippen LogP contribution in [0.4, 0.5) is 0 Å². The van der Waals surface area contributed by atoms with Crippen LogP contribution < -0.4 is 5.32 Å². The first kappa shape index (κ1) is 15.0. The molecule has 2 N–H and O–H groups in total. The lowest BCUT2D eigenvalue weighted by Crippen LogP contribution is -2.41. The molecule has 2 aromatic heterocycles. The average molecular weight is 290 g/mol. The van der Waals surface area contributed by atoms with Crippen LogP contribution in [-0.2, 0) is 4.79 Å². The quantitative estimate of drug-likeness (QED) is 0.864. The summed E-state index contributed by atoms with van der Waals surface area (Å²) in [6.07, 6.45) is 1.99. The predicted octanol–water partition coefficient (Wildman–Crippen LogP) is 1.27. The molecule has 0 fully saturated rings. The Morgan fingerprint density at radius 2 is 2.05 bits per heavy atom. The minimum atomic E-state index is -1.03. The smallest absolute Gasteiger partial charge is 0.326 e. The molecule has 0 radical (unpaired) electrons. The van der Waals surface area contributed by atoms with E-state index in [1.54, 1.807) is 29.7 Å². The molecule has 1 atom stereocenters. The second-order valence-corrected chi connectivity index (χ2v) is 5.39. The molecule has 2 aromatic rings. The van der Waals surface area contributed by atoms with Gasteiger partial charge in [-0.05, 0) is 31.4 Å². The second kappa shape index (κ2) is 5.90. The van der Waals surface area contributed by atoms with Crippen LogP contribution in [0.3, 0.4) is 0 Å². The van der Waals surface area contributed by atoms with Gasteiger partial charge in [-0.25, -0.2) is 4.79 Å². The van der Waals surface area contributed by atoms with Crippen LogP contribution in [0.25, 0.3) is 5.65 Å². The van der Waals surface area contributed by atoms with Crippen molar-refractivity contribution in [1.82, 2.24) is 19.9 Å². The van der Waals surface area contributed by atoms with E-state index in [0.29, 0.717) is 23.5 Å². The zero-order chi connectivity index (χ0) is 15.6. The number of amides is 1. The highest BCUT2D eigenvalue weighted by Gasteiger charge is 2.22. The zero-order valence-corrected chi connectivity index (χ0v) is 12.2. The van der Waals surface area contributed by atoms with Crippen molar-refractivity contribution in [3.05, 3.63) is 29.7 Å². The van der Waals surface area contributed by atoms with Crippen LogP contribution in [0.1, 0.15) is 36.5 Å². The number of carbonyl (C=O) groups excluding carboxylic acids is 1. The van der Waals surface area contributed by atoms with Crippen molar-refractivity contribution in [3.63, 3.8) is 0 Å². The van der Waals surface area contributed by atoms with Crippen molar-refractivity contribution in [2.24, 2.45) is 5.92 Å². The first-order valence-corrected chi connectivity index (χ1v) is 6.73. The van der Waals surface area contributed by atoms with Crippen LogP contribution in [0.2, 0.25) is 0 Å². The summed E-state index contributed by atoms with van der Waals surface area (Å²) in [5, 5.41) is 19.6. The maximum absolute atomic E-state index is 12.2. The molecule has 0 unspecified atom stereocenters. The fourth-order valence-corrected chi connectivity index (χ4v) is 2.07. The van der Waals surface area contributed by atoms with E-state index >= 15 is 0 Å². The van der Waals surface area contributed by atoms with Gasteiger partial charge < -0.3 is 10.4 Å². The van der Waals surface area contributed by atoms with E-state index in [1.165, 1.54) is 0 Å².